The van der Waals surface area contributed by atoms with Crippen LogP contribution in [0.4, 0.5) is 0 Å². The third-order valence-corrected chi connectivity index (χ3v) is 4.27. The first-order chi connectivity index (χ1) is 10.6. The van der Waals surface area contributed by atoms with Crippen molar-refractivity contribution >= 4 is 11.9 Å². The van der Waals surface area contributed by atoms with Crippen LogP contribution in [0.3, 0.4) is 0 Å². The molecule has 120 valence electrons. The summed E-state index contributed by atoms with van der Waals surface area (Å²) in [5, 5.41) is 0. The Hall–Kier alpha value is -1.77. The van der Waals surface area contributed by atoms with Gasteiger partial charge in [0.1, 0.15) is 24.4 Å². The van der Waals surface area contributed by atoms with Crippen LogP contribution in [-0.2, 0) is 11.2 Å². The summed E-state index contributed by atoms with van der Waals surface area (Å²) in [7, 11) is 0. The van der Waals surface area contributed by atoms with Gasteiger partial charge in [0.25, 0.3) is 0 Å². The minimum absolute atomic E-state index is 0.371. The first kappa shape index (κ1) is 16.6. The molecule has 1 aromatic carbocycles. The minimum Gasteiger partial charge on any atom is -0.493 e. The Bertz CT molecular complexity index is 558. The van der Waals surface area contributed by atoms with Crippen LogP contribution in [0, 0.1) is 11.8 Å². The number of aldehydes is 1. The molecule has 1 aliphatic heterocycles. The van der Waals surface area contributed by atoms with Gasteiger partial charge in [0.05, 0.1) is 6.61 Å². The van der Waals surface area contributed by atoms with Gasteiger partial charge in [-0.25, -0.2) is 0 Å². The summed E-state index contributed by atoms with van der Waals surface area (Å²) in [6.07, 6.45) is 4.40. The zero-order valence-corrected chi connectivity index (χ0v) is 14.0. The van der Waals surface area contributed by atoms with Gasteiger partial charge in [0.15, 0.2) is 0 Å². The molecule has 0 fully saturated rings. The van der Waals surface area contributed by atoms with Crippen molar-refractivity contribution < 1.29 is 14.3 Å². The van der Waals surface area contributed by atoms with E-state index in [0.29, 0.717) is 31.5 Å². The Morgan fingerprint density at radius 2 is 2.09 bits per heavy atom. The maximum absolute atomic E-state index is 11.0. The van der Waals surface area contributed by atoms with Crippen molar-refractivity contribution in [2.24, 2.45) is 11.8 Å². The second kappa shape index (κ2) is 7.48. The number of hydrogen-bond acceptors (Lipinski definition) is 3. The fraction of sp³-hybridized carbons (Fsp3) is 0.526. The van der Waals surface area contributed by atoms with Gasteiger partial charge >= 0.3 is 0 Å². The summed E-state index contributed by atoms with van der Waals surface area (Å²) < 4.78 is 11.6. The summed E-state index contributed by atoms with van der Waals surface area (Å²) in [4.78, 5) is 11.0. The Balaban J connectivity index is 2.43. The lowest BCUT2D eigenvalue weighted by molar-refractivity contribution is -0.107. The number of hydrogen-bond donors (Lipinski definition) is 0. The SMILES string of the molecule is CCCOc1cc2c(cc1CC=O)C(C(C)C(C)C)=CCO2. The highest BCUT2D eigenvalue weighted by Gasteiger charge is 2.23. The maximum Gasteiger partial charge on any atom is 0.130 e. The molecule has 0 N–H and O–H groups in total. The van der Waals surface area contributed by atoms with Crippen molar-refractivity contribution in [1.29, 1.82) is 0 Å². The van der Waals surface area contributed by atoms with E-state index < -0.39 is 0 Å². The van der Waals surface area contributed by atoms with Crippen LogP contribution in [0.2, 0.25) is 0 Å². The standard InChI is InChI=1S/C19H26O3/c1-5-9-21-18-12-19-17(11-15(18)6-8-20)16(7-10-22-19)14(4)13(2)3/h7-8,11-14H,5-6,9-10H2,1-4H3. The summed E-state index contributed by atoms with van der Waals surface area (Å²) in [5.41, 5.74) is 3.35. The number of ether oxygens (including phenoxy) is 2. The molecule has 1 aromatic rings. The first-order valence-corrected chi connectivity index (χ1v) is 8.15. The molecule has 0 saturated heterocycles. The van der Waals surface area contributed by atoms with Gasteiger partial charge in [-0.1, -0.05) is 27.7 Å². The third kappa shape index (κ3) is 3.52. The molecule has 1 atom stereocenters. The smallest absolute Gasteiger partial charge is 0.130 e. The summed E-state index contributed by atoms with van der Waals surface area (Å²) in [5.74, 6) is 2.65. The monoisotopic (exact) mass is 302 g/mol. The van der Waals surface area contributed by atoms with E-state index in [0.717, 1.165) is 35.3 Å². The Kier molecular flexibility index (Phi) is 5.64. The predicted octanol–water partition coefficient (Wildman–Crippen LogP) is 4.28. The lowest BCUT2D eigenvalue weighted by Gasteiger charge is -2.27. The van der Waals surface area contributed by atoms with Crippen molar-refractivity contribution in [2.45, 2.75) is 40.5 Å². The molecular weight excluding hydrogens is 276 g/mol. The molecule has 1 heterocycles. The summed E-state index contributed by atoms with van der Waals surface area (Å²) in [6.45, 7) is 10.0. The molecular formula is C19H26O3. The van der Waals surface area contributed by atoms with Gasteiger partial charge in [-0.2, -0.15) is 0 Å². The van der Waals surface area contributed by atoms with E-state index in [9.17, 15) is 4.79 Å². The second-order valence-corrected chi connectivity index (χ2v) is 6.18. The molecule has 1 unspecified atom stereocenters. The topological polar surface area (TPSA) is 35.5 Å². The van der Waals surface area contributed by atoms with E-state index in [4.69, 9.17) is 9.47 Å². The van der Waals surface area contributed by atoms with E-state index >= 15 is 0 Å². The summed E-state index contributed by atoms with van der Waals surface area (Å²) in [6, 6.07) is 4.02. The van der Waals surface area contributed by atoms with Crippen molar-refractivity contribution in [3.8, 4) is 11.5 Å². The van der Waals surface area contributed by atoms with Crippen molar-refractivity contribution in [1.82, 2.24) is 0 Å². The minimum atomic E-state index is 0.371. The molecule has 2 rings (SSSR count). The summed E-state index contributed by atoms with van der Waals surface area (Å²) >= 11 is 0. The largest absolute Gasteiger partial charge is 0.493 e. The molecule has 0 saturated carbocycles. The molecule has 3 nitrogen and oxygen atoms in total. The molecule has 0 radical (unpaired) electrons. The quantitative estimate of drug-likeness (QED) is 0.705. The highest BCUT2D eigenvalue weighted by atomic mass is 16.5. The molecule has 3 heteroatoms. The van der Waals surface area contributed by atoms with Crippen LogP contribution in [0.5, 0.6) is 11.5 Å². The lowest BCUT2D eigenvalue weighted by Crippen LogP contribution is -2.14. The zero-order valence-electron chi connectivity index (χ0n) is 14.0. The van der Waals surface area contributed by atoms with Crippen LogP contribution in [-0.4, -0.2) is 19.5 Å². The van der Waals surface area contributed by atoms with Gasteiger partial charge in [-0.15, -0.1) is 0 Å². The van der Waals surface area contributed by atoms with Crippen LogP contribution < -0.4 is 9.47 Å². The van der Waals surface area contributed by atoms with E-state index in [1.807, 2.05) is 6.07 Å². The van der Waals surface area contributed by atoms with Crippen molar-refractivity contribution in [2.75, 3.05) is 13.2 Å². The van der Waals surface area contributed by atoms with Gasteiger partial charge in [-0.05, 0) is 36.0 Å². The Labute approximate surface area is 133 Å². The van der Waals surface area contributed by atoms with Gasteiger partial charge < -0.3 is 14.3 Å². The van der Waals surface area contributed by atoms with Crippen molar-refractivity contribution in [3.05, 3.63) is 29.3 Å². The van der Waals surface area contributed by atoms with Crippen LogP contribution in [0.25, 0.3) is 5.57 Å². The molecule has 0 aliphatic carbocycles. The molecule has 1 aliphatic rings. The van der Waals surface area contributed by atoms with E-state index in [1.165, 1.54) is 5.57 Å². The Morgan fingerprint density at radius 3 is 2.73 bits per heavy atom. The number of carbonyl (C=O) groups excluding carboxylic acids is 1. The van der Waals surface area contributed by atoms with Crippen LogP contribution in [0.15, 0.2) is 18.2 Å². The maximum atomic E-state index is 11.0. The predicted molar refractivity (Wildman–Crippen MR) is 89.5 cm³/mol. The molecule has 0 aromatic heterocycles. The Morgan fingerprint density at radius 1 is 1.32 bits per heavy atom. The van der Waals surface area contributed by atoms with Gasteiger partial charge in [0, 0.05) is 23.6 Å². The second-order valence-electron chi connectivity index (χ2n) is 6.18. The molecule has 0 spiro atoms. The van der Waals surface area contributed by atoms with E-state index in [1.54, 1.807) is 0 Å². The zero-order chi connectivity index (χ0) is 16.1. The number of benzene rings is 1. The van der Waals surface area contributed by atoms with Gasteiger partial charge in [0.2, 0.25) is 0 Å². The fourth-order valence-corrected chi connectivity index (χ4v) is 2.67. The third-order valence-electron chi connectivity index (χ3n) is 4.27. The van der Waals surface area contributed by atoms with E-state index in [2.05, 4.69) is 39.8 Å². The average molecular weight is 302 g/mol. The number of fused-ring (bicyclic) bond motifs is 1. The first-order valence-electron chi connectivity index (χ1n) is 8.15. The number of rotatable bonds is 7. The fourth-order valence-electron chi connectivity index (χ4n) is 2.67. The number of allylic oxidation sites excluding steroid dienone is 1. The lowest BCUT2D eigenvalue weighted by atomic mass is 9.83. The van der Waals surface area contributed by atoms with Crippen LogP contribution in [0.1, 0.15) is 45.2 Å². The molecule has 0 amide bonds. The highest BCUT2D eigenvalue weighted by molar-refractivity contribution is 5.76. The normalized spacial score (nSPS) is 14.9. The molecule has 22 heavy (non-hydrogen) atoms. The van der Waals surface area contributed by atoms with Crippen molar-refractivity contribution in [3.63, 3.8) is 0 Å². The highest BCUT2D eigenvalue weighted by Crippen LogP contribution is 2.40. The van der Waals surface area contributed by atoms with E-state index in [-0.39, 0.29) is 0 Å². The van der Waals surface area contributed by atoms with Crippen LogP contribution >= 0.6 is 0 Å². The average Bonchev–Trinajstić information content (AvgIpc) is 2.51. The molecule has 0 bridgehead atoms. The number of carbonyl (C=O) groups is 1. The van der Waals surface area contributed by atoms with Gasteiger partial charge in [-0.3, -0.25) is 0 Å².